The van der Waals surface area contributed by atoms with E-state index >= 15 is 0 Å². The minimum atomic E-state index is -0.802. The second-order valence-electron chi connectivity index (χ2n) is 4.51. The number of anilines is 1. The minimum Gasteiger partial charge on any atom is -0.490 e. The van der Waals surface area contributed by atoms with Gasteiger partial charge >= 0.3 is 0 Å². The van der Waals surface area contributed by atoms with Crippen molar-refractivity contribution in [1.29, 1.82) is 0 Å². The van der Waals surface area contributed by atoms with Gasteiger partial charge in [0.05, 0.1) is 18.8 Å². The number of fused-ring (bicyclic) bond motifs is 1. The fraction of sp³-hybridized carbons (Fsp3) is 0.200. The summed E-state index contributed by atoms with van der Waals surface area (Å²) in [6.45, 7) is 1.15. The lowest BCUT2D eigenvalue weighted by Crippen LogP contribution is -2.14. The van der Waals surface area contributed by atoms with E-state index in [-0.39, 0.29) is 5.56 Å². The molecule has 6 heteroatoms. The second-order valence-corrected chi connectivity index (χ2v) is 4.51. The first-order valence-corrected chi connectivity index (χ1v) is 6.55. The fourth-order valence-corrected chi connectivity index (χ4v) is 1.99. The van der Waals surface area contributed by atoms with Crippen LogP contribution in [0.4, 0.5) is 10.1 Å². The van der Waals surface area contributed by atoms with Gasteiger partial charge in [-0.25, -0.2) is 4.98 Å². The van der Waals surface area contributed by atoms with E-state index in [9.17, 15) is 9.18 Å². The summed E-state index contributed by atoms with van der Waals surface area (Å²) in [6.07, 6.45) is 2.09. The summed E-state index contributed by atoms with van der Waals surface area (Å²) in [5.74, 6) is -0.158. The van der Waals surface area contributed by atoms with Crippen LogP contribution >= 0.6 is 0 Å². The number of hydrogen-bond donors (Lipinski definition) is 1. The lowest BCUT2D eigenvalue weighted by Gasteiger charge is -2.10. The molecule has 1 aliphatic heterocycles. The Morgan fingerprint density at radius 1 is 1.19 bits per heavy atom. The molecule has 21 heavy (non-hydrogen) atoms. The first-order chi connectivity index (χ1) is 10.2. The summed E-state index contributed by atoms with van der Waals surface area (Å²) in [4.78, 5) is 15.5. The normalized spacial score (nSPS) is 13.4. The number of nitrogens with zero attached hydrogens (tertiary/aromatic N) is 1. The van der Waals surface area contributed by atoms with Crippen molar-refractivity contribution in [1.82, 2.24) is 4.98 Å². The van der Waals surface area contributed by atoms with Crippen LogP contribution < -0.4 is 14.8 Å². The van der Waals surface area contributed by atoms with Crippen molar-refractivity contribution in [3.05, 3.63) is 48.0 Å². The van der Waals surface area contributed by atoms with Crippen molar-refractivity contribution in [2.75, 3.05) is 18.5 Å². The molecule has 3 rings (SSSR count). The van der Waals surface area contributed by atoms with Crippen molar-refractivity contribution >= 4 is 11.6 Å². The van der Waals surface area contributed by atoms with E-state index in [0.717, 1.165) is 6.42 Å². The highest BCUT2D eigenvalue weighted by molar-refractivity contribution is 6.04. The summed E-state index contributed by atoms with van der Waals surface area (Å²) in [6, 6.07) is 7.94. The predicted molar refractivity (Wildman–Crippen MR) is 74.2 cm³/mol. The fourth-order valence-electron chi connectivity index (χ4n) is 1.99. The standard InChI is InChI=1S/C15H13FN2O3/c16-14-11(3-1-6-17-14)15(19)18-10-4-5-12-13(9-10)21-8-2-7-20-12/h1,3-6,9H,2,7-8H2,(H,18,19). The van der Waals surface area contributed by atoms with Crippen molar-refractivity contribution in [3.8, 4) is 11.5 Å². The number of pyridine rings is 1. The van der Waals surface area contributed by atoms with E-state index in [1.807, 2.05) is 0 Å². The lowest BCUT2D eigenvalue weighted by molar-refractivity contribution is 0.102. The zero-order valence-corrected chi connectivity index (χ0v) is 11.1. The van der Waals surface area contributed by atoms with Gasteiger partial charge < -0.3 is 14.8 Å². The van der Waals surface area contributed by atoms with Crippen molar-refractivity contribution in [3.63, 3.8) is 0 Å². The zero-order chi connectivity index (χ0) is 14.7. The molecule has 1 aromatic heterocycles. The topological polar surface area (TPSA) is 60.5 Å². The van der Waals surface area contributed by atoms with Crippen LogP contribution in [0, 0.1) is 5.95 Å². The van der Waals surface area contributed by atoms with Gasteiger partial charge in [0.1, 0.15) is 0 Å². The van der Waals surface area contributed by atoms with Gasteiger partial charge in [-0.15, -0.1) is 0 Å². The number of aromatic nitrogens is 1. The van der Waals surface area contributed by atoms with Gasteiger partial charge in [-0.05, 0) is 24.3 Å². The van der Waals surface area contributed by atoms with Crippen LogP contribution in [-0.2, 0) is 0 Å². The first kappa shape index (κ1) is 13.4. The van der Waals surface area contributed by atoms with E-state index in [4.69, 9.17) is 9.47 Å². The summed E-state index contributed by atoms with van der Waals surface area (Å²) in [5.41, 5.74) is 0.400. The lowest BCUT2D eigenvalue weighted by atomic mass is 10.2. The molecule has 2 heterocycles. The summed E-state index contributed by atoms with van der Waals surface area (Å²) in [7, 11) is 0. The maximum Gasteiger partial charge on any atom is 0.260 e. The number of carbonyl (C=O) groups excluding carboxylic acids is 1. The highest BCUT2D eigenvalue weighted by atomic mass is 19.1. The quantitative estimate of drug-likeness (QED) is 0.863. The Labute approximate surface area is 120 Å². The number of rotatable bonds is 2. The summed E-state index contributed by atoms with van der Waals surface area (Å²) >= 11 is 0. The monoisotopic (exact) mass is 288 g/mol. The van der Waals surface area contributed by atoms with Gasteiger partial charge in [0, 0.05) is 24.4 Å². The molecule has 5 nitrogen and oxygen atoms in total. The molecule has 1 aromatic carbocycles. The molecule has 0 radical (unpaired) electrons. The Bertz CT molecular complexity index is 676. The summed E-state index contributed by atoms with van der Waals surface area (Å²) < 4.78 is 24.5. The second kappa shape index (κ2) is 5.78. The van der Waals surface area contributed by atoms with E-state index in [0.29, 0.717) is 30.4 Å². The molecule has 2 aromatic rings. The molecule has 0 aliphatic carbocycles. The molecule has 0 saturated heterocycles. The minimum absolute atomic E-state index is 0.107. The van der Waals surface area contributed by atoms with Crippen molar-refractivity contribution in [2.24, 2.45) is 0 Å². The molecule has 108 valence electrons. The number of halogens is 1. The number of amides is 1. The van der Waals surface area contributed by atoms with Crippen LogP contribution in [0.5, 0.6) is 11.5 Å². The smallest absolute Gasteiger partial charge is 0.260 e. The maximum atomic E-state index is 13.5. The largest absolute Gasteiger partial charge is 0.490 e. The van der Waals surface area contributed by atoms with Crippen LogP contribution in [0.3, 0.4) is 0 Å². The Kier molecular flexibility index (Phi) is 3.68. The van der Waals surface area contributed by atoms with Crippen LogP contribution in [0.25, 0.3) is 0 Å². The number of benzene rings is 1. The van der Waals surface area contributed by atoms with Gasteiger partial charge in [0.25, 0.3) is 5.91 Å². The third kappa shape index (κ3) is 2.94. The van der Waals surface area contributed by atoms with Crippen LogP contribution in [0.1, 0.15) is 16.8 Å². The molecule has 0 unspecified atom stereocenters. The third-order valence-electron chi connectivity index (χ3n) is 3.01. The van der Waals surface area contributed by atoms with E-state index < -0.39 is 11.9 Å². The first-order valence-electron chi connectivity index (χ1n) is 6.55. The Hall–Kier alpha value is -2.63. The highest BCUT2D eigenvalue weighted by Gasteiger charge is 2.15. The van der Waals surface area contributed by atoms with Crippen molar-refractivity contribution in [2.45, 2.75) is 6.42 Å². The molecule has 0 spiro atoms. The molecular formula is C15H13FN2O3. The van der Waals surface area contributed by atoms with Crippen LogP contribution in [0.2, 0.25) is 0 Å². The van der Waals surface area contributed by atoms with Crippen molar-refractivity contribution < 1.29 is 18.7 Å². The molecule has 0 fully saturated rings. The van der Waals surface area contributed by atoms with Gasteiger partial charge in [-0.2, -0.15) is 4.39 Å². The molecule has 1 aliphatic rings. The van der Waals surface area contributed by atoms with Gasteiger partial charge in [0.2, 0.25) is 5.95 Å². The van der Waals surface area contributed by atoms with Gasteiger partial charge in [-0.3, -0.25) is 4.79 Å². The Balaban J connectivity index is 1.81. The van der Waals surface area contributed by atoms with E-state index in [1.54, 1.807) is 18.2 Å². The third-order valence-corrected chi connectivity index (χ3v) is 3.01. The number of nitrogens with one attached hydrogen (secondary N) is 1. The maximum absolute atomic E-state index is 13.5. The highest BCUT2D eigenvalue weighted by Crippen LogP contribution is 2.32. The van der Waals surface area contributed by atoms with Gasteiger partial charge in [-0.1, -0.05) is 0 Å². The molecule has 0 atom stereocenters. The number of carbonyl (C=O) groups is 1. The Morgan fingerprint density at radius 2 is 2.00 bits per heavy atom. The average Bonchev–Trinajstić information content (AvgIpc) is 2.72. The van der Waals surface area contributed by atoms with E-state index in [1.165, 1.54) is 18.3 Å². The molecule has 0 saturated carbocycles. The average molecular weight is 288 g/mol. The zero-order valence-electron chi connectivity index (χ0n) is 11.1. The molecule has 0 bridgehead atoms. The van der Waals surface area contributed by atoms with Gasteiger partial charge in [0.15, 0.2) is 11.5 Å². The Morgan fingerprint density at radius 3 is 2.81 bits per heavy atom. The number of hydrogen-bond acceptors (Lipinski definition) is 4. The SMILES string of the molecule is O=C(Nc1ccc2c(c1)OCCCO2)c1cccnc1F. The predicted octanol–water partition coefficient (Wildman–Crippen LogP) is 2.63. The molecule has 1 N–H and O–H groups in total. The number of ether oxygens (including phenoxy) is 2. The van der Waals surface area contributed by atoms with Crippen LogP contribution in [-0.4, -0.2) is 24.1 Å². The van der Waals surface area contributed by atoms with E-state index in [2.05, 4.69) is 10.3 Å². The van der Waals surface area contributed by atoms with Crippen LogP contribution in [0.15, 0.2) is 36.5 Å². The molecular weight excluding hydrogens is 275 g/mol. The summed E-state index contributed by atoms with van der Waals surface area (Å²) in [5, 5.41) is 2.62. The molecule has 1 amide bonds.